The van der Waals surface area contributed by atoms with Crippen LogP contribution in [-0.4, -0.2) is 52.9 Å². The minimum atomic E-state index is -4.97. The van der Waals surface area contributed by atoms with Crippen LogP contribution in [0.15, 0.2) is 12.1 Å². The summed E-state index contributed by atoms with van der Waals surface area (Å²) in [6, 6.07) is 3.53. The average Bonchev–Trinajstić information content (AvgIpc) is 2.91. The number of hydrogen-bond donors (Lipinski definition) is 2. The number of aromatic nitrogens is 3. The Kier molecular flexibility index (Phi) is 3.84. The lowest BCUT2D eigenvalue weighted by Gasteiger charge is -2.30. The maximum Gasteiger partial charge on any atom is 0.471 e. The zero-order valence-electron chi connectivity index (χ0n) is 12.3. The molecule has 0 atom stereocenters. The fourth-order valence-corrected chi connectivity index (χ4v) is 2.53. The Hall–Kier alpha value is -2.36. The number of rotatable bonds is 2. The van der Waals surface area contributed by atoms with Crippen molar-refractivity contribution in [3.63, 3.8) is 0 Å². The molecule has 0 aromatic carbocycles. The fourth-order valence-electron chi connectivity index (χ4n) is 2.53. The molecule has 1 saturated heterocycles. The first kappa shape index (κ1) is 15.5. The van der Waals surface area contributed by atoms with Gasteiger partial charge in [-0.05, 0) is 19.1 Å². The van der Waals surface area contributed by atoms with E-state index in [1.54, 1.807) is 11.4 Å². The smallest absolute Gasteiger partial charge is 0.368 e. The summed E-state index contributed by atoms with van der Waals surface area (Å²) >= 11 is 0. The third-order valence-electron chi connectivity index (χ3n) is 3.65. The summed E-state index contributed by atoms with van der Waals surface area (Å²) < 4.78 is 38.3. The van der Waals surface area contributed by atoms with Gasteiger partial charge in [0.05, 0.1) is 11.4 Å². The molecule has 2 N–H and O–H groups in total. The highest BCUT2D eigenvalue weighted by molar-refractivity contribution is 5.93. The maximum absolute atomic E-state index is 12.3. The molecule has 1 amide bonds. The zero-order chi connectivity index (χ0) is 16.6. The molecule has 0 saturated carbocycles. The average molecular weight is 328 g/mol. The zero-order valence-corrected chi connectivity index (χ0v) is 12.3. The number of aryl methyl sites for hydroxylation is 1. The molecule has 0 bridgehead atoms. The summed E-state index contributed by atoms with van der Waals surface area (Å²) in [6.07, 6.45) is -4.97. The van der Waals surface area contributed by atoms with Crippen LogP contribution in [0.2, 0.25) is 0 Å². The van der Waals surface area contributed by atoms with E-state index >= 15 is 0 Å². The summed E-state index contributed by atoms with van der Waals surface area (Å²) in [7, 11) is 0. The molecule has 1 aliphatic heterocycles. The van der Waals surface area contributed by atoms with Gasteiger partial charge in [-0.3, -0.25) is 10.1 Å². The molecule has 2 aromatic rings. The number of carbonyl (C=O) groups is 1. The van der Waals surface area contributed by atoms with E-state index in [0.29, 0.717) is 5.65 Å². The number of halogens is 3. The van der Waals surface area contributed by atoms with Gasteiger partial charge >= 0.3 is 12.1 Å². The van der Waals surface area contributed by atoms with E-state index in [2.05, 4.69) is 20.3 Å². The number of anilines is 2. The number of piperazine rings is 1. The van der Waals surface area contributed by atoms with Gasteiger partial charge in [-0.1, -0.05) is 0 Å². The molecule has 1 fully saturated rings. The van der Waals surface area contributed by atoms with Crippen molar-refractivity contribution < 1.29 is 18.0 Å². The molecule has 0 radical (unpaired) electrons. The predicted molar refractivity (Wildman–Crippen MR) is 77.5 cm³/mol. The molecule has 2 aromatic heterocycles. The number of nitrogens with zero attached hydrogens (tertiary/aromatic N) is 4. The van der Waals surface area contributed by atoms with Gasteiger partial charge in [0.2, 0.25) is 5.95 Å². The fraction of sp³-hybridized carbons (Fsp3) is 0.462. The van der Waals surface area contributed by atoms with Gasteiger partial charge in [-0.15, -0.1) is 5.10 Å². The standard InChI is InChI=1S/C13H15F3N6O/c1-8-9(21-6-4-17-5-7-21)2-3-10-18-12(20-22(8)10)19-11(23)13(14,15)16/h2-3,17H,4-7H2,1H3,(H,19,20,23). The maximum atomic E-state index is 12.3. The lowest BCUT2D eigenvalue weighted by atomic mass is 10.2. The van der Waals surface area contributed by atoms with Crippen LogP contribution in [0.5, 0.6) is 0 Å². The SMILES string of the molecule is Cc1c(N2CCNCC2)ccc2nc(NC(=O)C(F)(F)F)nn12. The lowest BCUT2D eigenvalue weighted by Crippen LogP contribution is -2.44. The van der Waals surface area contributed by atoms with Gasteiger partial charge in [0, 0.05) is 26.2 Å². The minimum Gasteiger partial charge on any atom is -0.368 e. The molecular formula is C13H15F3N6O. The van der Waals surface area contributed by atoms with Crippen LogP contribution in [0.4, 0.5) is 24.8 Å². The summed E-state index contributed by atoms with van der Waals surface area (Å²) in [6.45, 7) is 5.20. The first-order valence-corrected chi connectivity index (χ1v) is 7.06. The Balaban J connectivity index is 1.91. The summed E-state index contributed by atoms with van der Waals surface area (Å²) in [5, 5.41) is 8.87. The first-order chi connectivity index (χ1) is 10.9. The van der Waals surface area contributed by atoms with Gasteiger partial charge in [-0.2, -0.15) is 18.2 Å². The van der Waals surface area contributed by atoms with E-state index < -0.39 is 12.1 Å². The highest BCUT2D eigenvalue weighted by Crippen LogP contribution is 2.23. The van der Waals surface area contributed by atoms with Crippen LogP contribution in [0.1, 0.15) is 5.69 Å². The van der Waals surface area contributed by atoms with Crippen LogP contribution < -0.4 is 15.5 Å². The Bertz CT molecular complexity index is 735. The normalized spacial score (nSPS) is 15.9. The lowest BCUT2D eigenvalue weighted by molar-refractivity contribution is -0.167. The summed E-state index contributed by atoms with van der Waals surface area (Å²) in [5.74, 6) is -2.46. The van der Waals surface area contributed by atoms with E-state index in [-0.39, 0.29) is 5.95 Å². The Morgan fingerprint density at radius 3 is 2.65 bits per heavy atom. The molecule has 3 rings (SSSR count). The Morgan fingerprint density at radius 2 is 2.00 bits per heavy atom. The number of hydrogen-bond acceptors (Lipinski definition) is 5. The third-order valence-corrected chi connectivity index (χ3v) is 3.65. The van der Waals surface area contributed by atoms with Crippen molar-refractivity contribution in [3.05, 3.63) is 17.8 Å². The van der Waals surface area contributed by atoms with Crippen molar-refractivity contribution in [1.29, 1.82) is 0 Å². The topological polar surface area (TPSA) is 74.6 Å². The number of fused-ring (bicyclic) bond motifs is 1. The summed E-state index contributed by atoms with van der Waals surface area (Å²) in [5.41, 5.74) is 2.07. The molecule has 23 heavy (non-hydrogen) atoms. The van der Waals surface area contributed by atoms with Crippen molar-refractivity contribution in [3.8, 4) is 0 Å². The van der Waals surface area contributed by atoms with Gasteiger partial charge in [0.1, 0.15) is 0 Å². The van der Waals surface area contributed by atoms with Crippen molar-refractivity contribution in [2.24, 2.45) is 0 Å². The second-order valence-electron chi connectivity index (χ2n) is 5.20. The highest BCUT2D eigenvalue weighted by Gasteiger charge is 2.39. The van der Waals surface area contributed by atoms with E-state index in [1.807, 2.05) is 13.0 Å². The third kappa shape index (κ3) is 3.07. The Labute approximate surface area is 129 Å². The number of carbonyl (C=O) groups excluding carboxylic acids is 1. The molecule has 7 nitrogen and oxygen atoms in total. The van der Waals surface area contributed by atoms with Gasteiger partial charge in [0.15, 0.2) is 5.65 Å². The van der Waals surface area contributed by atoms with E-state index in [0.717, 1.165) is 37.6 Å². The second kappa shape index (κ2) is 5.69. The first-order valence-electron chi connectivity index (χ1n) is 7.06. The van der Waals surface area contributed by atoms with Gasteiger partial charge in [0.25, 0.3) is 0 Å². The molecule has 0 unspecified atom stereocenters. The number of amides is 1. The van der Waals surface area contributed by atoms with E-state index in [9.17, 15) is 18.0 Å². The monoisotopic (exact) mass is 328 g/mol. The quantitative estimate of drug-likeness (QED) is 0.858. The molecule has 0 aliphatic carbocycles. The van der Waals surface area contributed by atoms with Crippen molar-refractivity contribution in [2.45, 2.75) is 13.1 Å². The van der Waals surface area contributed by atoms with Crippen LogP contribution in [-0.2, 0) is 4.79 Å². The van der Waals surface area contributed by atoms with Gasteiger partial charge in [-0.25, -0.2) is 4.52 Å². The van der Waals surface area contributed by atoms with Crippen molar-refractivity contribution in [2.75, 3.05) is 36.4 Å². The molecule has 3 heterocycles. The van der Waals surface area contributed by atoms with Crippen LogP contribution >= 0.6 is 0 Å². The van der Waals surface area contributed by atoms with Crippen LogP contribution in [0.3, 0.4) is 0 Å². The number of nitrogens with one attached hydrogen (secondary N) is 2. The highest BCUT2D eigenvalue weighted by atomic mass is 19.4. The predicted octanol–water partition coefficient (Wildman–Crippen LogP) is 0.948. The Morgan fingerprint density at radius 1 is 1.30 bits per heavy atom. The molecule has 10 heteroatoms. The van der Waals surface area contributed by atoms with E-state index in [1.165, 1.54) is 4.52 Å². The molecular weight excluding hydrogens is 313 g/mol. The number of pyridine rings is 1. The molecule has 0 spiro atoms. The van der Waals surface area contributed by atoms with Gasteiger partial charge < -0.3 is 10.2 Å². The largest absolute Gasteiger partial charge is 0.471 e. The second-order valence-corrected chi connectivity index (χ2v) is 5.20. The molecule has 1 aliphatic rings. The van der Waals surface area contributed by atoms with Crippen LogP contribution in [0.25, 0.3) is 5.65 Å². The molecule has 124 valence electrons. The minimum absolute atomic E-state index is 0.368. The van der Waals surface area contributed by atoms with Crippen LogP contribution in [0, 0.1) is 6.92 Å². The number of alkyl halides is 3. The van der Waals surface area contributed by atoms with E-state index in [4.69, 9.17) is 0 Å². The van der Waals surface area contributed by atoms with Crippen molar-refractivity contribution >= 4 is 23.2 Å². The van der Waals surface area contributed by atoms with Crippen molar-refractivity contribution in [1.82, 2.24) is 19.9 Å². The summed E-state index contributed by atoms with van der Waals surface area (Å²) in [4.78, 5) is 17.0.